The second-order valence-electron chi connectivity index (χ2n) is 7.02. The van der Waals surface area contributed by atoms with Gasteiger partial charge in [0.05, 0.1) is 18.6 Å². The van der Waals surface area contributed by atoms with E-state index in [4.69, 9.17) is 19.1 Å². The molecule has 0 aliphatic carbocycles. The van der Waals surface area contributed by atoms with Crippen LogP contribution in [-0.4, -0.2) is 70.5 Å². The lowest BCUT2D eigenvalue weighted by atomic mass is 10.0. The van der Waals surface area contributed by atoms with Crippen molar-refractivity contribution in [1.29, 1.82) is 0 Å². The smallest absolute Gasteiger partial charge is 0.475 e. The molecule has 2 saturated heterocycles. The number of nitrogens with zero attached hydrogens (tertiary/aromatic N) is 4. The van der Waals surface area contributed by atoms with Crippen molar-refractivity contribution < 1.29 is 40.6 Å². The minimum atomic E-state index is -5.08. The molecule has 10 nitrogen and oxygen atoms in total. The molecule has 170 valence electrons. The van der Waals surface area contributed by atoms with Gasteiger partial charge in [-0.1, -0.05) is 0 Å². The van der Waals surface area contributed by atoms with Gasteiger partial charge in [0.2, 0.25) is 21.8 Å². The molecule has 1 N–H and O–H groups in total. The molecule has 31 heavy (non-hydrogen) atoms. The highest BCUT2D eigenvalue weighted by molar-refractivity contribution is 7.89. The number of pyridine rings is 1. The molecule has 14 heteroatoms. The molecule has 0 radical (unpaired) electrons. The molecular weight excluding hydrogens is 445 g/mol. The first-order valence-electron chi connectivity index (χ1n) is 9.11. The highest BCUT2D eigenvalue weighted by Gasteiger charge is 2.46. The average Bonchev–Trinajstić information content (AvgIpc) is 3.37. The first kappa shape index (κ1) is 23.1. The molecule has 2 aromatic heterocycles. The molecule has 2 aliphatic rings. The Morgan fingerprint density at radius 3 is 2.55 bits per heavy atom. The van der Waals surface area contributed by atoms with Crippen LogP contribution in [0.1, 0.15) is 18.2 Å². The summed E-state index contributed by atoms with van der Waals surface area (Å²) in [5, 5.41) is 14.9. The molecule has 2 aromatic rings. The molecule has 0 spiro atoms. The SMILES string of the molecule is Cc1nnc(C[C@@H]2C[C@H]3CN(S(=O)(=O)c4cccnc4)C[C@H]3O2)o1.O=C(O)C(F)(F)F. The summed E-state index contributed by atoms with van der Waals surface area (Å²) >= 11 is 0. The number of carboxylic acid groups (broad SMARTS) is 1. The number of carbonyl (C=O) groups is 1. The maximum atomic E-state index is 12.6. The van der Waals surface area contributed by atoms with Crippen molar-refractivity contribution in [1.82, 2.24) is 19.5 Å². The van der Waals surface area contributed by atoms with E-state index in [1.165, 1.54) is 10.5 Å². The number of aliphatic carboxylic acids is 1. The van der Waals surface area contributed by atoms with Crippen LogP contribution >= 0.6 is 0 Å². The molecule has 2 fully saturated rings. The topological polar surface area (TPSA) is 136 Å². The number of hydrogen-bond donors (Lipinski definition) is 1. The van der Waals surface area contributed by atoms with Gasteiger partial charge >= 0.3 is 12.1 Å². The van der Waals surface area contributed by atoms with Gasteiger partial charge in [-0.3, -0.25) is 4.98 Å². The van der Waals surface area contributed by atoms with Crippen LogP contribution in [0.15, 0.2) is 33.8 Å². The Kier molecular flexibility index (Phi) is 6.62. The van der Waals surface area contributed by atoms with Crippen molar-refractivity contribution in [2.24, 2.45) is 5.92 Å². The first-order chi connectivity index (χ1) is 14.5. The number of carboxylic acids is 1. The van der Waals surface area contributed by atoms with Crippen LogP contribution in [0.2, 0.25) is 0 Å². The quantitative estimate of drug-likeness (QED) is 0.713. The highest BCUT2D eigenvalue weighted by atomic mass is 32.2. The summed E-state index contributed by atoms with van der Waals surface area (Å²) < 4.78 is 69.9. The van der Waals surface area contributed by atoms with Crippen molar-refractivity contribution >= 4 is 16.0 Å². The second kappa shape index (κ2) is 8.88. The van der Waals surface area contributed by atoms with Crippen LogP contribution in [0, 0.1) is 12.8 Å². The Morgan fingerprint density at radius 1 is 1.32 bits per heavy atom. The van der Waals surface area contributed by atoms with Gasteiger partial charge in [0.25, 0.3) is 0 Å². The van der Waals surface area contributed by atoms with E-state index in [1.54, 1.807) is 25.3 Å². The Labute approximate surface area is 175 Å². The fourth-order valence-electron chi connectivity index (χ4n) is 3.42. The largest absolute Gasteiger partial charge is 0.490 e. The van der Waals surface area contributed by atoms with E-state index >= 15 is 0 Å². The van der Waals surface area contributed by atoms with E-state index in [0.29, 0.717) is 31.3 Å². The number of hydrogen-bond acceptors (Lipinski definition) is 8. The number of aryl methyl sites for hydroxylation is 1. The zero-order valence-corrected chi connectivity index (χ0v) is 17.0. The predicted octanol–water partition coefficient (Wildman–Crippen LogP) is 1.43. The molecule has 0 bridgehead atoms. The summed E-state index contributed by atoms with van der Waals surface area (Å²) in [6.07, 6.45) is -0.849. The lowest BCUT2D eigenvalue weighted by molar-refractivity contribution is -0.192. The third-order valence-corrected chi connectivity index (χ3v) is 6.58. The highest BCUT2D eigenvalue weighted by Crippen LogP contribution is 2.36. The summed E-state index contributed by atoms with van der Waals surface area (Å²) in [5.74, 6) is -1.45. The molecule has 2 aliphatic heterocycles. The lowest BCUT2D eigenvalue weighted by Gasteiger charge is -2.18. The number of fused-ring (bicyclic) bond motifs is 1. The number of sulfonamides is 1. The van der Waals surface area contributed by atoms with Gasteiger partial charge in [-0.15, -0.1) is 10.2 Å². The Morgan fingerprint density at radius 2 is 2.03 bits per heavy atom. The van der Waals surface area contributed by atoms with Gasteiger partial charge in [0.15, 0.2) is 0 Å². The van der Waals surface area contributed by atoms with Gasteiger partial charge < -0.3 is 14.3 Å². The van der Waals surface area contributed by atoms with Crippen molar-refractivity contribution in [3.8, 4) is 0 Å². The standard InChI is InChI=1S/C15H18N4O4S.C2HF3O2/c1-10-17-18-15(22-10)6-12-5-11-8-19(9-14(11)23-12)24(20,21)13-3-2-4-16-7-13;3-2(4,5)1(6)7/h2-4,7,11-12,14H,5-6,8-9H2,1H3;(H,6,7)/t11-,12-,14+;/m0./s1. The van der Waals surface area contributed by atoms with Gasteiger partial charge in [0.1, 0.15) is 4.90 Å². The van der Waals surface area contributed by atoms with E-state index in [0.717, 1.165) is 6.42 Å². The molecular formula is C17H19F3N4O6S. The van der Waals surface area contributed by atoms with Crippen LogP contribution in [0.4, 0.5) is 13.2 Å². The van der Waals surface area contributed by atoms with Crippen molar-refractivity contribution in [3.63, 3.8) is 0 Å². The molecule has 0 saturated carbocycles. The molecule has 0 unspecified atom stereocenters. The van der Waals surface area contributed by atoms with Crippen molar-refractivity contribution in [2.75, 3.05) is 13.1 Å². The number of aromatic nitrogens is 3. The summed E-state index contributed by atoms with van der Waals surface area (Å²) in [5.41, 5.74) is 0. The van der Waals surface area contributed by atoms with Crippen LogP contribution < -0.4 is 0 Å². The second-order valence-corrected chi connectivity index (χ2v) is 8.96. The van der Waals surface area contributed by atoms with Crippen molar-refractivity contribution in [3.05, 3.63) is 36.3 Å². The van der Waals surface area contributed by atoms with Gasteiger partial charge in [-0.2, -0.15) is 17.5 Å². The summed E-state index contributed by atoms with van der Waals surface area (Å²) in [4.78, 5) is 13.0. The zero-order chi connectivity index (χ0) is 22.8. The number of halogens is 3. The summed E-state index contributed by atoms with van der Waals surface area (Å²) in [7, 11) is -3.50. The maximum Gasteiger partial charge on any atom is 0.490 e. The minimum absolute atomic E-state index is 0.00287. The van der Waals surface area contributed by atoms with Crippen LogP contribution in [0.5, 0.6) is 0 Å². The first-order valence-corrected chi connectivity index (χ1v) is 10.6. The average molecular weight is 464 g/mol. The van der Waals surface area contributed by atoms with E-state index in [1.807, 2.05) is 0 Å². The third kappa shape index (κ3) is 5.57. The fourth-order valence-corrected chi connectivity index (χ4v) is 4.89. The van der Waals surface area contributed by atoms with Crippen molar-refractivity contribution in [2.45, 2.75) is 43.0 Å². The van der Waals surface area contributed by atoms with Gasteiger partial charge in [0, 0.05) is 38.3 Å². The molecule has 4 rings (SSSR count). The van der Waals surface area contributed by atoms with E-state index in [9.17, 15) is 21.6 Å². The van der Waals surface area contributed by atoms with E-state index < -0.39 is 22.2 Å². The number of rotatable bonds is 4. The van der Waals surface area contributed by atoms with Gasteiger partial charge in [-0.25, -0.2) is 13.2 Å². The number of alkyl halides is 3. The molecule has 0 amide bonds. The fraction of sp³-hybridized carbons (Fsp3) is 0.529. The van der Waals surface area contributed by atoms with Crippen LogP contribution in [-0.2, 0) is 26.0 Å². The third-order valence-electron chi connectivity index (χ3n) is 4.77. The minimum Gasteiger partial charge on any atom is -0.475 e. The number of ether oxygens (including phenoxy) is 1. The maximum absolute atomic E-state index is 12.6. The monoisotopic (exact) mass is 464 g/mol. The molecule has 0 aromatic carbocycles. The zero-order valence-electron chi connectivity index (χ0n) is 16.2. The summed E-state index contributed by atoms with van der Waals surface area (Å²) in [6, 6.07) is 3.20. The normalized spacial score (nSPS) is 23.8. The van der Waals surface area contributed by atoms with Crippen LogP contribution in [0.25, 0.3) is 0 Å². The Balaban J connectivity index is 0.000000339. The summed E-state index contributed by atoms with van der Waals surface area (Å²) in [6.45, 7) is 2.60. The van der Waals surface area contributed by atoms with E-state index in [-0.39, 0.29) is 23.0 Å². The lowest BCUT2D eigenvalue weighted by Crippen LogP contribution is -2.31. The Bertz CT molecular complexity index is 1000. The Hall–Kier alpha value is -2.58. The molecule has 3 atom stereocenters. The van der Waals surface area contributed by atoms with E-state index in [2.05, 4.69) is 15.2 Å². The molecule has 4 heterocycles. The van der Waals surface area contributed by atoms with Gasteiger partial charge in [-0.05, 0) is 18.6 Å². The van der Waals surface area contributed by atoms with Crippen LogP contribution in [0.3, 0.4) is 0 Å². The predicted molar refractivity (Wildman–Crippen MR) is 96.2 cm³/mol.